The van der Waals surface area contributed by atoms with Gasteiger partial charge >= 0.3 is 0 Å². The number of aryl methyl sites for hydroxylation is 1. The number of carbonyl (C=O) groups is 1. The lowest BCUT2D eigenvalue weighted by Gasteiger charge is -2.05. The standard InChI is InChI=1S/C14H11N3O/c1-10-2-5-12(6-3-10)17-14(18)11-4-7-13(8-15)16-9-11/h2-7,9H,1H3,(H,17,18). The minimum absolute atomic E-state index is 0.240. The van der Waals surface area contributed by atoms with E-state index in [0.717, 1.165) is 11.3 Å². The van der Waals surface area contributed by atoms with Crippen molar-refractivity contribution in [3.8, 4) is 6.07 Å². The van der Waals surface area contributed by atoms with Gasteiger partial charge in [0.1, 0.15) is 11.8 Å². The zero-order valence-electron chi connectivity index (χ0n) is 9.84. The molecule has 0 aliphatic heterocycles. The summed E-state index contributed by atoms with van der Waals surface area (Å²) in [5.74, 6) is -0.240. The first-order chi connectivity index (χ1) is 8.69. The molecule has 0 atom stereocenters. The predicted molar refractivity (Wildman–Crippen MR) is 68.1 cm³/mol. The summed E-state index contributed by atoms with van der Waals surface area (Å²) in [7, 11) is 0. The molecule has 0 bridgehead atoms. The Kier molecular flexibility index (Phi) is 3.35. The zero-order chi connectivity index (χ0) is 13.0. The fraction of sp³-hybridized carbons (Fsp3) is 0.0714. The van der Waals surface area contributed by atoms with E-state index in [4.69, 9.17) is 5.26 Å². The highest BCUT2D eigenvalue weighted by Gasteiger charge is 2.06. The van der Waals surface area contributed by atoms with Gasteiger partial charge in [0.05, 0.1) is 5.56 Å². The average molecular weight is 237 g/mol. The summed E-state index contributed by atoms with van der Waals surface area (Å²) in [6.07, 6.45) is 1.39. The number of hydrogen-bond donors (Lipinski definition) is 1. The van der Waals surface area contributed by atoms with Gasteiger partial charge in [0.15, 0.2) is 0 Å². The Labute approximate surface area is 105 Å². The fourth-order valence-corrected chi connectivity index (χ4v) is 1.43. The van der Waals surface area contributed by atoms with Crippen molar-refractivity contribution in [2.45, 2.75) is 6.92 Å². The summed E-state index contributed by atoms with van der Waals surface area (Å²) >= 11 is 0. The molecule has 0 unspecified atom stereocenters. The van der Waals surface area contributed by atoms with E-state index in [1.165, 1.54) is 12.3 Å². The predicted octanol–water partition coefficient (Wildman–Crippen LogP) is 2.51. The molecule has 0 aliphatic rings. The third-order valence-corrected chi connectivity index (χ3v) is 2.45. The molecule has 1 aromatic heterocycles. The van der Waals surface area contributed by atoms with Crippen LogP contribution in [0.3, 0.4) is 0 Å². The molecule has 0 spiro atoms. The lowest BCUT2D eigenvalue weighted by Crippen LogP contribution is -2.12. The Morgan fingerprint density at radius 2 is 1.94 bits per heavy atom. The van der Waals surface area contributed by atoms with Gasteiger partial charge in [-0.1, -0.05) is 17.7 Å². The summed E-state index contributed by atoms with van der Waals surface area (Å²) in [5.41, 5.74) is 2.58. The second-order valence-electron chi connectivity index (χ2n) is 3.86. The number of nitrogens with one attached hydrogen (secondary N) is 1. The molecule has 4 nitrogen and oxygen atoms in total. The Morgan fingerprint density at radius 3 is 2.50 bits per heavy atom. The van der Waals surface area contributed by atoms with Crippen molar-refractivity contribution < 1.29 is 4.79 Å². The van der Waals surface area contributed by atoms with Crippen LogP contribution in [0.1, 0.15) is 21.6 Å². The molecule has 88 valence electrons. The summed E-state index contributed by atoms with van der Waals surface area (Å²) in [6.45, 7) is 1.98. The second kappa shape index (κ2) is 5.11. The zero-order valence-corrected chi connectivity index (χ0v) is 9.84. The minimum atomic E-state index is -0.240. The van der Waals surface area contributed by atoms with E-state index < -0.39 is 0 Å². The van der Waals surface area contributed by atoms with E-state index in [1.807, 2.05) is 37.3 Å². The second-order valence-corrected chi connectivity index (χ2v) is 3.86. The van der Waals surface area contributed by atoms with Crippen LogP contribution in [0.4, 0.5) is 5.69 Å². The molecule has 2 rings (SSSR count). The monoisotopic (exact) mass is 237 g/mol. The Balaban J connectivity index is 2.12. The third-order valence-electron chi connectivity index (χ3n) is 2.45. The smallest absolute Gasteiger partial charge is 0.257 e. The number of anilines is 1. The third kappa shape index (κ3) is 2.71. The van der Waals surface area contributed by atoms with Crippen LogP contribution in [0.25, 0.3) is 0 Å². The van der Waals surface area contributed by atoms with Crippen LogP contribution in [0, 0.1) is 18.3 Å². The Bertz CT molecular complexity index is 594. The number of rotatable bonds is 2. The number of aromatic nitrogens is 1. The number of hydrogen-bond acceptors (Lipinski definition) is 3. The minimum Gasteiger partial charge on any atom is -0.322 e. The highest BCUT2D eigenvalue weighted by molar-refractivity contribution is 6.04. The quantitative estimate of drug-likeness (QED) is 0.872. The van der Waals surface area contributed by atoms with Crippen LogP contribution >= 0.6 is 0 Å². The first-order valence-corrected chi connectivity index (χ1v) is 5.43. The lowest BCUT2D eigenvalue weighted by atomic mass is 10.2. The van der Waals surface area contributed by atoms with Gasteiger partial charge in [0, 0.05) is 11.9 Å². The maximum atomic E-state index is 11.9. The maximum Gasteiger partial charge on any atom is 0.257 e. The molecule has 2 aromatic rings. The topological polar surface area (TPSA) is 65.8 Å². The number of amides is 1. The van der Waals surface area contributed by atoms with E-state index in [0.29, 0.717) is 11.3 Å². The van der Waals surface area contributed by atoms with Crippen LogP contribution < -0.4 is 5.32 Å². The number of nitrogens with zero attached hydrogens (tertiary/aromatic N) is 2. The van der Waals surface area contributed by atoms with Crippen LogP contribution in [0.5, 0.6) is 0 Å². The molecule has 0 aliphatic carbocycles. The molecule has 1 heterocycles. The Morgan fingerprint density at radius 1 is 1.22 bits per heavy atom. The van der Waals surface area contributed by atoms with Gasteiger partial charge in [0.25, 0.3) is 5.91 Å². The SMILES string of the molecule is Cc1ccc(NC(=O)c2ccc(C#N)nc2)cc1. The van der Waals surface area contributed by atoms with Crippen molar-refractivity contribution in [2.75, 3.05) is 5.32 Å². The van der Waals surface area contributed by atoms with Gasteiger partial charge in [-0.3, -0.25) is 4.79 Å². The molecule has 4 heteroatoms. The van der Waals surface area contributed by atoms with E-state index in [9.17, 15) is 4.79 Å². The van der Waals surface area contributed by atoms with Crippen molar-refractivity contribution in [3.05, 3.63) is 59.4 Å². The van der Waals surface area contributed by atoms with Crippen molar-refractivity contribution >= 4 is 11.6 Å². The number of nitriles is 1. The highest BCUT2D eigenvalue weighted by Crippen LogP contribution is 2.10. The first-order valence-electron chi connectivity index (χ1n) is 5.43. The number of carbonyl (C=O) groups excluding carboxylic acids is 1. The van der Waals surface area contributed by atoms with Crippen LogP contribution in [-0.2, 0) is 0 Å². The normalized spacial score (nSPS) is 9.56. The van der Waals surface area contributed by atoms with Gasteiger partial charge in [-0.25, -0.2) is 4.98 Å². The Hall–Kier alpha value is -2.67. The highest BCUT2D eigenvalue weighted by atomic mass is 16.1. The fourth-order valence-electron chi connectivity index (χ4n) is 1.43. The molecule has 1 aromatic carbocycles. The molecular weight excluding hydrogens is 226 g/mol. The molecule has 18 heavy (non-hydrogen) atoms. The molecule has 1 N–H and O–H groups in total. The van der Waals surface area contributed by atoms with Crippen molar-refractivity contribution in [1.29, 1.82) is 5.26 Å². The van der Waals surface area contributed by atoms with Gasteiger partial charge in [-0.2, -0.15) is 5.26 Å². The van der Waals surface area contributed by atoms with Crippen molar-refractivity contribution in [1.82, 2.24) is 4.98 Å². The van der Waals surface area contributed by atoms with E-state index in [1.54, 1.807) is 6.07 Å². The van der Waals surface area contributed by atoms with E-state index in [2.05, 4.69) is 10.3 Å². The van der Waals surface area contributed by atoms with E-state index in [-0.39, 0.29) is 5.91 Å². The van der Waals surface area contributed by atoms with Gasteiger partial charge < -0.3 is 5.32 Å². The summed E-state index contributed by atoms with van der Waals surface area (Å²) in [4.78, 5) is 15.7. The average Bonchev–Trinajstić information content (AvgIpc) is 2.41. The van der Waals surface area contributed by atoms with Gasteiger partial charge in [-0.05, 0) is 31.2 Å². The molecule has 0 radical (unpaired) electrons. The van der Waals surface area contributed by atoms with Crippen LogP contribution in [-0.4, -0.2) is 10.9 Å². The molecular formula is C14H11N3O. The van der Waals surface area contributed by atoms with Crippen LogP contribution in [0.2, 0.25) is 0 Å². The van der Waals surface area contributed by atoms with Crippen molar-refractivity contribution in [3.63, 3.8) is 0 Å². The number of pyridine rings is 1. The number of benzene rings is 1. The van der Waals surface area contributed by atoms with Crippen molar-refractivity contribution in [2.24, 2.45) is 0 Å². The lowest BCUT2D eigenvalue weighted by molar-refractivity contribution is 0.102. The molecule has 0 saturated heterocycles. The maximum absolute atomic E-state index is 11.9. The summed E-state index contributed by atoms with van der Waals surface area (Å²) in [5, 5.41) is 11.4. The molecule has 0 fully saturated rings. The molecule has 0 saturated carbocycles. The largest absolute Gasteiger partial charge is 0.322 e. The van der Waals surface area contributed by atoms with Crippen LogP contribution in [0.15, 0.2) is 42.6 Å². The summed E-state index contributed by atoms with van der Waals surface area (Å²) in [6, 6.07) is 12.5. The van der Waals surface area contributed by atoms with Gasteiger partial charge in [-0.15, -0.1) is 0 Å². The van der Waals surface area contributed by atoms with E-state index >= 15 is 0 Å². The summed E-state index contributed by atoms with van der Waals surface area (Å²) < 4.78 is 0. The first kappa shape index (κ1) is 11.8. The van der Waals surface area contributed by atoms with Gasteiger partial charge in [0.2, 0.25) is 0 Å². The molecule has 1 amide bonds.